The molecule has 1 rings (SSSR count). The van der Waals surface area contributed by atoms with E-state index >= 15 is 0 Å². The fourth-order valence-corrected chi connectivity index (χ4v) is 1.05. The van der Waals surface area contributed by atoms with Crippen LogP contribution in [0.4, 0.5) is 13.6 Å². The van der Waals surface area contributed by atoms with Crippen LogP contribution >= 0.6 is 0 Å². The fourth-order valence-electron chi connectivity index (χ4n) is 1.05. The van der Waals surface area contributed by atoms with Crippen molar-refractivity contribution in [1.82, 2.24) is 9.47 Å². The third-order valence-corrected chi connectivity index (χ3v) is 1.73. The van der Waals surface area contributed by atoms with Gasteiger partial charge in [-0.1, -0.05) is 0 Å². The molecule has 0 unspecified atom stereocenters. The lowest BCUT2D eigenvalue weighted by Gasteiger charge is -2.12. The molecule has 0 bridgehead atoms. The highest BCUT2D eigenvalue weighted by molar-refractivity contribution is 5.76. The molecule has 1 heterocycles. The molecule has 0 aliphatic rings. The van der Waals surface area contributed by atoms with Crippen molar-refractivity contribution < 1.29 is 18.1 Å². The summed E-state index contributed by atoms with van der Waals surface area (Å²) < 4.78 is 26.8. The van der Waals surface area contributed by atoms with Crippen LogP contribution in [0, 0.1) is 0 Å². The predicted octanol–water partition coefficient (Wildman–Crippen LogP) is 0.478. The molecule has 1 amide bonds. The van der Waals surface area contributed by atoms with E-state index in [1.54, 1.807) is 17.8 Å². The minimum absolute atomic E-state index is 0.467. The van der Waals surface area contributed by atoms with Crippen molar-refractivity contribution in [3.05, 3.63) is 18.7 Å². The topological polar surface area (TPSA) is 29.1 Å². The summed E-state index contributed by atoms with van der Waals surface area (Å²) in [5.41, 5.74) is 0. The predicted molar refractivity (Wildman–Crippen MR) is 45.0 cm³/mol. The first-order chi connectivity index (χ1) is 6.50. The molecule has 1 aromatic heterocycles. The molecule has 0 atom stereocenters. The Labute approximate surface area is 80.4 Å². The number of alkyl halides is 2. The monoisotopic (exact) mass is 204 g/mol. The van der Waals surface area contributed by atoms with Gasteiger partial charge in [0, 0.05) is 7.05 Å². The molecule has 0 radical (unpaired) electrons. The number of amides is 1. The molecule has 78 valence electrons. The molecule has 0 saturated carbocycles. The van der Waals surface area contributed by atoms with Crippen molar-refractivity contribution in [3.63, 3.8) is 0 Å². The van der Waals surface area contributed by atoms with Crippen LogP contribution in [0.2, 0.25) is 0 Å². The number of carbonyl (C=O) groups excluding carboxylic acids is 1. The standard InChI is InChI=1S/C8H12F2N3O/c1-11-3-4-13(6-11)8(14)12(2)5-7(9)10/h3-4,6-7H,5H2,1-2H3/q+1. The molecule has 0 fully saturated rings. The highest BCUT2D eigenvalue weighted by Crippen LogP contribution is 1.98. The van der Waals surface area contributed by atoms with E-state index in [9.17, 15) is 13.6 Å². The van der Waals surface area contributed by atoms with Crippen LogP contribution in [-0.4, -0.2) is 35.5 Å². The first kappa shape index (κ1) is 10.6. The quantitative estimate of drug-likeness (QED) is 0.644. The molecule has 0 N–H and O–H groups in total. The van der Waals surface area contributed by atoms with E-state index in [-0.39, 0.29) is 0 Å². The SMILES string of the molecule is CN(CC(F)F)C(=O)n1cc[n+](C)c1. The molecule has 4 nitrogen and oxygen atoms in total. The van der Waals surface area contributed by atoms with Crippen molar-refractivity contribution in [2.45, 2.75) is 6.43 Å². The van der Waals surface area contributed by atoms with Gasteiger partial charge in [0.15, 0.2) is 0 Å². The van der Waals surface area contributed by atoms with Crippen molar-refractivity contribution in [1.29, 1.82) is 0 Å². The average Bonchev–Trinajstić information content (AvgIpc) is 2.49. The molecule has 14 heavy (non-hydrogen) atoms. The Morgan fingerprint density at radius 2 is 2.29 bits per heavy atom. The minimum Gasteiger partial charge on any atom is -0.302 e. The van der Waals surface area contributed by atoms with E-state index < -0.39 is 19.0 Å². The van der Waals surface area contributed by atoms with E-state index in [1.807, 2.05) is 0 Å². The van der Waals surface area contributed by atoms with E-state index in [0.717, 1.165) is 4.90 Å². The van der Waals surface area contributed by atoms with Gasteiger partial charge in [-0.05, 0) is 0 Å². The largest absolute Gasteiger partial charge is 0.415 e. The van der Waals surface area contributed by atoms with E-state index in [2.05, 4.69) is 0 Å². The maximum Gasteiger partial charge on any atom is 0.415 e. The maximum atomic E-state index is 12.0. The lowest BCUT2D eigenvalue weighted by molar-refractivity contribution is -0.670. The third-order valence-electron chi connectivity index (χ3n) is 1.73. The molecule has 0 saturated heterocycles. The summed E-state index contributed by atoms with van der Waals surface area (Å²) in [6.07, 6.45) is 2.19. The summed E-state index contributed by atoms with van der Waals surface area (Å²) in [4.78, 5) is 12.4. The lowest BCUT2D eigenvalue weighted by atomic mass is 10.6. The van der Waals surface area contributed by atoms with Gasteiger partial charge in [0.05, 0.1) is 13.6 Å². The number of rotatable bonds is 2. The summed E-state index contributed by atoms with van der Waals surface area (Å²) in [6, 6.07) is -0.467. The summed E-state index contributed by atoms with van der Waals surface area (Å²) in [6.45, 7) is -0.555. The Morgan fingerprint density at radius 3 is 2.71 bits per heavy atom. The fraction of sp³-hybridized carbons (Fsp3) is 0.500. The van der Waals surface area contributed by atoms with Gasteiger partial charge in [-0.2, -0.15) is 4.57 Å². The van der Waals surface area contributed by atoms with Crippen molar-refractivity contribution in [2.24, 2.45) is 7.05 Å². The van der Waals surface area contributed by atoms with Crippen LogP contribution in [0.3, 0.4) is 0 Å². The van der Waals surface area contributed by atoms with Crippen LogP contribution in [0.15, 0.2) is 18.7 Å². The Morgan fingerprint density at radius 1 is 1.64 bits per heavy atom. The second kappa shape index (κ2) is 4.17. The first-order valence-corrected chi connectivity index (χ1v) is 4.07. The van der Waals surface area contributed by atoms with Gasteiger partial charge in [0.2, 0.25) is 0 Å². The van der Waals surface area contributed by atoms with Gasteiger partial charge in [0.1, 0.15) is 12.4 Å². The molecule has 6 heteroatoms. The van der Waals surface area contributed by atoms with Gasteiger partial charge in [-0.15, -0.1) is 0 Å². The number of nitrogens with zero attached hydrogens (tertiary/aromatic N) is 3. The summed E-state index contributed by atoms with van der Waals surface area (Å²) in [5.74, 6) is 0. The number of hydrogen-bond donors (Lipinski definition) is 0. The van der Waals surface area contributed by atoms with Crippen LogP contribution in [0.1, 0.15) is 0 Å². The highest BCUT2D eigenvalue weighted by atomic mass is 19.3. The Balaban J connectivity index is 2.65. The van der Waals surface area contributed by atoms with Crippen molar-refractivity contribution in [3.8, 4) is 0 Å². The van der Waals surface area contributed by atoms with Crippen molar-refractivity contribution >= 4 is 6.03 Å². The highest BCUT2D eigenvalue weighted by Gasteiger charge is 2.19. The second-order valence-electron chi connectivity index (χ2n) is 3.04. The van der Waals surface area contributed by atoms with Crippen LogP contribution < -0.4 is 4.57 Å². The van der Waals surface area contributed by atoms with E-state index in [0.29, 0.717) is 0 Å². The molecule has 0 aliphatic carbocycles. The van der Waals surface area contributed by atoms with Crippen LogP contribution in [0.25, 0.3) is 0 Å². The van der Waals surface area contributed by atoms with Gasteiger partial charge in [0.25, 0.3) is 12.8 Å². The zero-order valence-corrected chi connectivity index (χ0v) is 8.02. The molecule has 1 aromatic rings. The summed E-state index contributed by atoms with van der Waals surface area (Å²) in [5, 5.41) is 0. The zero-order chi connectivity index (χ0) is 10.7. The van der Waals surface area contributed by atoms with E-state index in [4.69, 9.17) is 0 Å². The molecular weight excluding hydrogens is 192 g/mol. The summed E-state index contributed by atoms with van der Waals surface area (Å²) >= 11 is 0. The molecule has 0 aromatic carbocycles. The number of hydrogen-bond acceptors (Lipinski definition) is 1. The average molecular weight is 204 g/mol. The number of halogens is 2. The van der Waals surface area contributed by atoms with Gasteiger partial charge >= 0.3 is 6.03 Å². The summed E-state index contributed by atoms with van der Waals surface area (Å²) in [7, 11) is 3.09. The maximum absolute atomic E-state index is 12.0. The van der Waals surface area contributed by atoms with E-state index in [1.165, 1.54) is 24.1 Å². The lowest BCUT2D eigenvalue weighted by Crippen LogP contribution is -2.35. The van der Waals surface area contributed by atoms with Crippen molar-refractivity contribution in [2.75, 3.05) is 13.6 Å². The number of carbonyl (C=O) groups is 1. The Kier molecular flexibility index (Phi) is 3.16. The normalized spacial score (nSPS) is 10.6. The zero-order valence-electron chi connectivity index (χ0n) is 8.02. The van der Waals surface area contributed by atoms with Crippen LogP contribution in [0.5, 0.6) is 0 Å². The van der Waals surface area contributed by atoms with Gasteiger partial charge < -0.3 is 4.90 Å². The molecule has 0 spiro atoms. The number of aryl methyl sites for hydroxylation is 1. The van der Waals surface area contributed by atoms with Gasteiger partial charge in [-0.25, -0.2) is 18.1 Å². The molecule has 0 aliphatic heterocycles. The molecular formula is C8H12F2N3O+. The minimum atomic E-state index is -2.51. The Hall–Kier alpha value is -1.46. The number of imidazole rings is 1. The number of aromatic nitrogens is 2. The second-order valence-corrected chi connectivity index (χ2v) is 3.04. The first-order valence-electron chi connectivity index (χ1n) is 4.07. The van der Waals surface area contributed by atoms with Crippen LogP contribution in [-0.2, 0) is 7.05 Å². The third kappa shape index (κ3) is 2.51. The smallest absolute Gasteiger partial charge is 0.302 e. The Bertz CT molecular complexity index is 324. The van der Waals surface area contributed by atoms with Gasteiger partial charge in [-0.3, -0.25) is 0 Å².